The number of thioether (sulfide) groups is 1. The number of anilines is 1. The zero-order valence-corrected chi connectivity index (χ0v) is 18.6. The second kappa shape index (κ2) is 8.89. The molecule has 0 saturated heterocycles. The van der Waals surface area contributed by atoms with Gasteiger partial charge >= 0.3 is 0 Å². The summed E-state index contributed by atoms with van der Waals surface area (Å²) < 4.78 is 6.93. The lowest BCUT2D eigenvalue weighted by Gasteiger charge is -2.12. The summed E-state index contributed by atoms with van der Waals surface area (Å²) in [6.07, 6.45) is 1.75. The molecule has 1 amide bonds. The van der Waals surface area contributed by atoms with Gasteiger partial charge in [0, 0.05) is 54.6 Å². The average molecular weight is 439 g/mol. The van der Waals surface area contributed by atoms with Crippen molar-refractivity contribution >= 4 is 45.8 Å². The molecule has 6 nitrogen and oxygen atoms in total. The van der Waals surface area contributed by atoms with Crippen molar-refractivity contribution < 1.29 is 9.21 Å². The van der Waals surface area contributed by atoms with Gasteiger partial charge in [0.2, 0.25) is 0 Å². The first-order valence-electron chi connectivity index (χ1n) is 9.47. The standard InChI is InChI=1S/C22H22N4O2S2/c1-14-12-29-22(25-14)30-13-17-16-6-4-5-7-18(16)28-20(17)21(27)24-11-15-8-9-23-19(10-15)26(2)3/h4-10,12H,11,13H2,1-3H3,(H,24,27). The highest BCUT2D eigenvalue weighted by molar-refractivity contribution is 8.00. The summed E-state index contributed by atoms with van der Waals surface area (Å²) in [6.45, 7) is 2.38. The molecule has 4 rings (SSSR count). The molecule has 154 valence electrons. The number of carbonyl (C=O) groups is 1. The highest BCUT2D eigenvalue weighted by Crippen LogP contribution is 2.33. The van der Waals surface area contributed by atoms with E-state index in [4.69, 9.17) is 4.42 Å². The van der Waals surface area contributed by atoms with Gasteiger partial charge in [-0.3, -0.25) is 4.79 Å². The van der Waals surface area contributed by atoms with Crippen LogP contribution >= 0.6 is 23.1 Å². The van der Waals surface area contributed by atoms with Crippen LogP contribution in [0.4, 0.5) is 5.82 Å². The average Bonchev–Trinajstić information content (AvgIpc) is 3.33. The number of para-hydroxylation sites is 1. The van der Waals surface area contributed by atoms with Crippen molar-refractivity contribution in [2.45, 2.75) is 23.6 Å². The van der Waals surface area contributed by atoms with E-state index in [2.05, 4.69) is 15.3 Å². The topological polar surface area (TPSA) is 71.3 Å². The fourth-order valence-electron chi connectivity index (χ4n) is 3.04. The molecular formula is C22H22N4O2S2. The maximum atomic E-state index is 13.0. The molecule has 8 heteroatoms. The van der Waals surface area contributed by atoms with Crippen molar-refractivity contribution in [1.82, 2.24) is 15.3 Å². The number of hydrogen-bond donors (Lipinski definition) is 1. The first-order chi connectivity index (χ1) is 14.5. The van der Waals surface area contributed by atoms with E-state index in [0.717, 1.165) is 32.4 Å². The van der Waals surface area contributed by atoms with Crippen LogP contribution in [0.15, 0.2) is 56.7 Å². The molecule has 30 heavy (non-hydrogen) atoms. The van der Waals surface area contributed by atoms with Gasteiger partial charge in [0.25, 0.3) is 5.91 Å². The molecule has 1 aromatic carbocycles. The molecule has 3 aromatic heterocycles. The number of furan rings is 1. The van der Waals surface area contributed by atoms with Gasteiger partial charge in [-0.25, -0.2) is 9.97 Å². The van der Waals surface area contributed by atoms with Crippen LogP contribution in [0.25, 0.3) is 11.0 Å². The number of thiazole rings is 1. The highest BCUT2D eigenvalue weighted by Gasteiger charge is 2.21. The number of benzene rings is 1. The van der Waals surface area contributed by atoms with Gasteiger partial charge < -0.3 is 14.6 Å². The third-order valence-electron chi connectivity index (χ3n) is 4.56. The Morgan fingerprint density at radius 1 is 1.27 bits per heavy atom. The highest BCUT2D eigenvalue weighted by atomic mass is 32.2. The number of amides is 1. The molecule has 1 N–H and O–H groups in total. The van der Waals surface area contributed by atoms with Crippen LogP contribution in [0.3, 0.4) is 0 Å². The van der Waals surface area contributed by atoms with Gasteiger partial charge in [0.1, 0.15) is 15.7 Å². The van der Waals surface area contributed by atoms with Crippen molar-refractivity contribution in [3.05, 3.63) is 70.6 Å². The summed E-state index contributed by atoms with van der Waals surface area (Å²) in [4.78, 5) is 23.7. The fourth-order valence-corrected chi connectivity index (χ4v) is 4.91. The van der Waals surface area contributed by atoms with Gasteiger partial charge in [0.15, 0.2) is 5.76 Å². The number of fused-ring (bicyclic) bond motifs is 1. The predicted octanol–water partition coefficient (Wildman–Crippen LogP) is 4.88. The second-order valence-corrected chi connectivity index (χ2v) is 9.13. The van der Waals surface area contributed by atoms with E-state index in [1.165, 1.54) is 0 Å². The van der Waals surface area contributed by atoms with Gasteiger partial charge in [-0.05, 0) is 30.7 Å². The maximum absolute atomic E-state index is 13.0. The molecule has 0 aliphatic carbocycles. The number of aromatic nitrogens is 2. The maximum Gasteiger partial charge on any atom is 0.287 e. The van der Waals surface area contributed by atoms with Crippen molar-refractivity contribution in [1.29, 1.82) is 0 Å². The number of aryl methyl sites for hydroxylation is 1. The Bertz CT molecular complexity index is 1180. The molecule has 0 bridgehead atoms. The third-order valence-corrected chi connectivity index (χ3v) is 6.73. The Balaban J connectivity index is 1.55. The molecule has 0 saturated carbocycles. The molecule has 0 spiro atoms. The van der Waals surface area contributed by atoms with Gasteiger partial charge in [-0.2, -0.15) is 0 Å². The van der Waals surface area contributed by atoms with E-state index in [1.54, 1.807) is 29.3 Å². The Morgan fingerprint density at radius 3 is 2.87 bits per heavy atom. The molecule has 3 heterocycles. The van der Waals surface area contributed by atoms with E-state index in [0.29, 0.717) is 23.6 Å². The lowest BCUT2D eigenvalue weighted by atomic mass is 10.1. The quantitative estimate of drug-likeness (QED) is 0.415. The lowest BCUT2D eigenvalue weighted by molar-refractivity contribution is 0.0924. The van der Waals surface area contributed by atoms with Crippen molar-refractivity contribution in [3.63, 3.8) is 0 Å². The van der Waals surface area contributed by atoms with Crippen LogP contribution in [0.5, 0.6) is 0 Å². The monoisotopic (exact) mass is 438 g/mol. The summed E-state index contributed by atoms with van der Waals surface area (Å²) in [6, 6.07) is 11.6. The number of nitrogens with zero attached hydrogens (tertiary/aromatic N) is 3. The molecule has 0 unspecified atom stereocenters. The van der Waals surface area contributed by atoms with Crippen LogP contribution in [0, 0.1) is 6.92 Å². The van der Waals surface area contributed by atoms with Crippen molar-refractivity contribution in [2.24, 2.45) is 0 Å². The predicted molar refractivity (Wildman–Crippen MR) is 122 cm³/mol. The number of hydrogen-bond acceptors (Lipinski definition) is 7. The van der Waals surface area contributed by atoms with Gasteiger partial charge in [0.05, 0.1) is 0 Å². The molecule has 0 aliphatic heterocycles. The largest absolute Gasteiger partial charge is 0.451 e. The third kappa shape index (κ3) is 4.49. The first-order valence-corrected chi connectivity index (χ1v) is 11.3. The summed E-state index contributed by atoms with van der Waals surface area (Å²) in [5.41, 5.74) is 3.59. The molecule has 0 fully saturated rings. The lowest BCUT2D eigenvalue weighted by Crippen LogP contribution is -2.23. The SMILES string of the molecule is Cc1csc(SCc2c(C(=O)NCc3ccnc(N(C)C)c3)oc3ccccc23)n1. The molecular weight excluding hydrogens is 416 g/mol. The zero-order valence-electron chi connectivity index (χ0n) is 17.0. The molecule has 0 atom stereocenters. The van der Waals surface area contributed by atoms with Crippen LogP contribution in [0.1, 0.15) is 27.4 Å². The van der Waals surface area contributed by atoms with Crippen LogP contribution < -0.4 is 10.2 Å². The Labute approximate surface area is 183 Å². The van der Waals surface area contributed by atoms with Crippen molar-refractivity contribution in [3.8, 4) is 0 Å². The molecule has 0 aliphatic rings. The fraction of sp³-hybridized carbons (Fsp3) is 0.227. The summed E-state index contributed by atoms with van der Waals surface area (Å²) in [5, 5.41) is 5.97. The van der Waals surface area contributed by atoms with Crippen LogP contribution in [-0.2, 0) is 12.3 Å². The molecule has 4 aromatic rings. The Kier molecular flexibility index (Phi) is 6.06. The smallest absolute Gasteiger partial charge is 0.287 e. The van der Waals surface area contributed by atoms with Crippen molar-refractivity contribution in [2.75, 3.05) is 19.0 Å². The number of pyridine rings is 1. The first kappa shape index (κ1) is 20.4. The minimum atomic E-state index is -0.222. The Hall–Kier alpha value is -2.84. The van der Waals surface area contributed by atoms with Gasteiger partial charge in [-0.1, -0.05) is 30.0 Å². The van der Waals surface area contributed by atoms with E-state index in [1.807, 2.05) is 67.7 Å². The minimum Gasteiger partial charge on any atom is -0.451 e. The van der Waals surface area contributed by atoms with E-state index in [9.17, 15) is 4.79 Å². The normalized spacial score (nSPS) is 11.0. The van der Waals surface area contributed by atoms with Crippen LogP contribution in [-0.4, -0.2) is 30.0 Å². The molecule has 0 radical (unpaired) electrons. The number of rotatable bonds is 7. The zero-order chi connectivity index (χ0) is 21.1. The van der Waals surface area contributed by atoms with E-state index in [-0.39, 0.29) is 5.91 Å². The van der Waals surface area contributed by atoms with Gasteiger partial charge in [-0.15, -0.1) is 11.3 Å². The van der Waals surface area contributed by atoms with Crippen LogP contribution in [0.2, 0.25) is 0 Å². The second-order valence-electron chi connectivity index (χ2n) is 7.05. The number of carbonyl (C=O) groups excluding carboxylic acids is 1. The van der Waals surface area contributed by atoms with E-state index >= 15 is 0 Å². The van der Waals surface area contributed by atoms with E-state index < -0.39 is 0 Å². The number of nitrogens with one attached hydrogen (secondary N) is 1. The Morgan fingerprint density at radius 2 is 2.10 bits per heavy atom. The summed E-state index contributed by atoms with van der Waals surface area (Å²) in [5.74, 6) is 1.60. The summed E-state index contributed by atoms with van der Waals surface area (Å²) in [7, 11) is 3.87. The minimum absolute atomic E-state index is 0.222. The summed E-state index contributed by atoms with van der Waals surface area (Å²) >= 11 is 3.23.